The molecule has 0 aromatic heterocycles. The number of halogens is 5. The number of esters is 1. The lowest BCUT2D eigenvalue weighted by molar-refractivity contribution is -0.163. The van der Waals surface area contributed by atoms with Crippen LogP contribution in [0.25, 0.3) is 0 Å². The number of unbranched alkanes of at least 4 members (excludes halogenated alkanes) is 5. The van der Waals surface area contributed by atoms with Gasteiger partial charge in [0.15, 0.2) is 12.0 Å². The third-order valence-electron chi connectivity index (χ3n) is 5.31. The van der Waals surface area contributed by atoms with Gasteiger partial charge in [-0.1, -0.05) is 61.2 Å². The van der Waals surface area contributed by atoms with Gasteiger partial charge in [-0.3, -0.25) is 4.28 Å². The summed E-state index contributed by atoms with van der Waals surface area (Å²) in [5.74, 6) is -2.46. The Morgan fingerprint density at radius 1 is 0.946 bits per heavy atom. The summed E-state index contributed by atoms with van der Waals surface area (Å²) < 4.78 is 110. The number of hydrogen-bond acceptors (Lipinski definition) is 8. The minimum atomic E-state index is -6.21. The molecule has 2 rings (SSSR count). The zero-order valence-electron chi connectivity index (χ0n) is 20.1. The van der Waals surface area contributed by atoms with Crippen molar-refractivity contribution in [1.29, 1.82) is 0 Å². The monoisotopic (exact) mass is 559 g/mol. The molecule has 0 N–H and O–H groups in total. The number of rotatable bonds is 15. The Balaban J connectivity index is 1.71. The lowest BCUT2D eigenvalue weighted by Gasteiger charge is -2.22. The second kappa shape index (κ2) is 14.6. The summed E-state index contributed by atoms with van der Waals surface area (Å²) in [5, 5.41) is -2.89. The van der Waals surface area contributed by atoms with Crippen LogP contribution in [0.15, 0.2) is 35.5 Å². The van der Waals surface area contributed by atoms with Gasteiger partial charge in [-0.25, -0.2) is 4.79 Å². The number of oxime groups is 1. The molecule has 1 aromatic carbocycles. The zero-order valence-corrected chi connectivity index (χ0v) is 20.9. The molecule has 0 saturated carbocycles. The molecule has 0 bridgehead atoms. The van der Waals surface area contributed by atoms with Gasteiger partial charge in [0.05, 0.1) is 6.61 Å². The molecule has 37 heavy (non-hydrogen) atoms. The van der Waals surface area contributed by atoms with Crippen molar-refractivity contribution in [2.75, 3.05) is 19.8 Å². The molecule has 1 aliphatic rings. The summed E-state index contributed by atoms with van der Waals surface area (Å²) in [7, 11) is -6.21. The van der Waals surface area contributed by atoms with Crippen molar-refractivity contribution in [3.05, 3.63) is 35.9 Å². The van der Waals surface area contributed by atoms with Crippen molar-refractivity contribution in [2.45, 2.75) is 75.5 Å². The Bertz CT molecular complexity index is 965. The van der Waals surface area contributed by atoms with Gasteiger partial charge >= 0.3 is 27.5 Å². The van der Waals surface area contributed by atoms with Gasteiger partial charge < -0.3 is 14.2 Å². The number of carbonyl (C=O) groups excluding carboxylic acids is 1. The minimum Gasteiger partial charge on any atom is -0.460 e. The highest BCUT2D eigenvalue weighted by Crippen LogP contribution is 2.28. The second-order valence-corrected chi connectivity index (χ2v) is 9.84. The molecule has 1 unspecified atom stereocenters. The van der Waals surface area contributed by atoms with Gasteiger partial charge in [-0.2, -0.15) is 30.4 Å². The first-order valence-electron chi connectivity index (χ1n) is 11.9. The highest BCUT2D eigenvalue weighted by Gasteiger charge is 2.57. The third-order valence-corrected chi connectivity index (χ3v) is 6.37. The maximum Gasteiger partial charge on any atom is 0.478 e. The molecular formula is C23H30F5NO7S. The van der Waals surface area contributed by atoms with Crippen LogP contribution in [0, 0.1) is 0 Å². The normalized spacial score (nSPS) is 17.4. The highest BCUT2D eigenvalue weighted by molar-refractivity contribution is 7.88. The predicted octanol–water partition coefficient (Wildman–Crippen LogP) is 5.32. The molecule has 0 amide bonds. The summed E-state index contributed by atoms with van der Waals surface area (Å²) in [6, 6.07) is 5.62. The number of carbonyl (C=O) groups is 1. The van der Waals surface area contributed by atoms with Crippen LogP contribution in [0.5, 0.6) is 0 Å². The van der Waals surface area contributed by atoms with Crippen molar-refractivity contribution in [1.82, 2.24) is 0 Å². The van der Waals surface area contributed by atoms with Gasteiger partial charge in [0.2, 0.25) is 0 Å². The predicted molar refractivity (Wildman–Crippen MR) is 122 cm³/mol. The second-order valence-electron chi connectivity index (χ2n) is 8.27. The first kappa shape index (κ1) is 30.9. The van der Waals surface area contributed by atoms with Crippen LogP contribution < -0.4 is 0 Å². The molecule has 1 saturated heterocycles. The number of nitrogens with zero attached hydrogens (tertiary/aromatic N) is 1. The van der Waals surface area contributed by atoms with Gasteiger partial charge in [0.25, 0.3) is 0 Å². The van der Waals surface area contributed by atoms with Crippen LogP contribution in [-0.2, 0) is 33.4 Å². The molecule has 1 fully saturated rings. The Morgan fingerprint density at radius 3 is 2.16 bits per heavy atom. The van der Waals surface area contributed by atoms with Crippen LogP contribution >= 0.6 is 0 Å². The van der Waals surface area contributed by atoms with E-state index in [0.717, 1.165) is 57.1 Å². The van der Waals surface area contributed by atoms with Gasteiger partial charge in [-0.05, 0) is 32.1 Å². The fourth-order valence-corrected chi connectivity index (χ4v) is 3.85. The summed E-state index contributed by atoms with van der Waals surface area (Å²) in [6.07, 6.45) is 1.66. The molecule has 0 aliphatic carbocycles. The Hall–Kier alpha value is -2.32. The number of hydrogen-bond donors (Lipinski definition) is 0. The van der Waals surface area contributed by atoms with Gasteiger partial charge in [0, 0.05) is 18.8 Å². The minimum absolute atomic E-state index is 0.141. The topological polar surface area (TPSA) is 100 Å². The molecule has 1 heterocycles. The van der Waals surface area contributed by atoms with Crippen LogP contribution in [-0.4, -0.2) is 57.6 Å². The van der Waals surface area contributed by atoms with Crippen molar-refractivity contribution < 1.29 is 53.7 Å². The van der Waals surface area contributed by atoms with E-state index in [1.807, 2.05) is 0 Å². The lowest BCUT2D eigenvalue weighted by Crippen LogP contribution is -2.40. The Kier molecular flexibility index (Phi) is 12.2. The van der Waals surface area contributed by atoms with E-state index in [9.17, 15) is 35.2 Å². The van der Waals surface area contributed by atoms with Crippen LogP contribution in [0.2, 0.25) is 0 Å². The molecular weight excluding hydrogens is 529 g/mol. The maximum atomic E-state index is 14.1. The van der Waals surface area contributed by atoms with Crippen molar-refractivity contribution in [2.24, 2.45) is 5.16 Å². The van der Waals surface area contributed by atoms with E-state index in [0.29, 0.717) is 19.6 Å². The molecule has 210 valence electrons. The molecule has 1 aromatic rings. The van der Waals surface area contributed by atoms with Crippen molar-refractivity contribution >= 4 is 21.8 Å². The Morgan fingerprint density at radius 2 is 1.57 bits per heavy atom. The maximum absolute atomic E-state index is 14.1. The van der Waals surface area contributed by atoms with E-state index in [1.165, 1.54) is 18.2 Å². The standard InChI is InChI=1S/C23H30F5NO7S/c24-22(25,26)20(18-12-6-5-7-13-18)29-36-37(31,32)23(27,28)21(30)35-17-10-4-2-1-3-9-15-33-19-14-8-11-16-34-19/h5-7,12-13,19H,1-4,8-11,14-17H2/b29-20-. The number of benzene rings is 1. The largest absolute Gasteiger partial charge is 0.478 e. The van der Waals surface area contributed by atoms with Crippen molar-refractivity contribution in [3.63, 3.8) is 0 Å². The van der Waals surface area contributed by atoms with Gasteiger partial charge in [-0.15, -0.1) is 0 Å². The number of ether oxygens (including phenoxy) is 3. The highest BCUT2D eigenvalue weighted by atomic mass is 32.2. The number of alkyl halides is 5. The SMILES string of the molecule is O=C(OCCCCCCCCOC1CCCCO1)C(F)(F)S(=O)(=O)O/N=C(/c1ccccc1)C(F)(F)F. The average molecular weight is 560 g/mol. The summed E-state index contributed by atoms with van der Waals surface area (Å²) in [4.78, 5) is 11.6. The first-order valence-corrected chi connectivity index (χ1v) is 13.3. The molecule has 14 heteroatoms. The fraction of sp³-hybridized carbons (Fsp3) is 0.652. The quantitative estimate of drug-likeness (QED) is 0.0943. The summed E-state index contributed by atoms with van der Waals surface area (Å²) >= 11 is 0. The molecule has 8 nitrogen and oxygen atoms in total. The lowest BCUT2D eigenvalue weighted by atomic mass is 10.1. The smallest absolute Gasteiger partial charge is 0.460 e. The van der Waals surface area contributed by atoms with E-state index < -0.39 is 45.4 Å². The Labute approximate surface area is 212 Å². The summed E-state index contributed by atoms with van der Waals surface area (Å²) in [5.41, 5.74) is -2.49. The van der Waals surface area contributed by atoms with E-state index in [-0.39, 0.29) is 12.7 Å². The summed E-state index contributed by atoms with van der Waals surface area (Å²) in [6.45, 7) is 0.794. The van der Waals surface area contributed by atoms with E-state index in [2.05, 4.69) is 14.2 Å². The molecule has 1 aliphatic heterocycles. The molecule has 1 atom stereocenters. The molecule has 0 radical (unpaired) electrons. The van der Waals surface area contributed by atoms with E-state index in [4.69, 9.17) is 9.47 Å². The third kappa shape index (κ3) is 10.2. The van der Waals surface area contributed by atoms with Crippen LogP contribution in [0.4, 0.5) is 22.0 Å². The van der Waals surface area contributed by atoms with Crippen molar-refractivity contribution in [3.8, 4) is 0 Å². The first-order chi connectivity index (χ1) is 17.4. The van der Waals surface area contributed by atoms with E-state index >= 15 is 0 Å². The molecule has 0 spiro atoms. The average Bonchev–Trinajstić information content (AvgIpc) is 2.85. The fourth-order valence-electron chi connectivity index (χ4n) is 3.32. The van der Waals surface area contributed by atoms with Gasteiger partial charge in [0.1, 0.15) is 0 Å². The van der Waals surface area contributed by atoms with Crippen LogP contribution in [0.3, 0.4) is 0 Å². The van der Waals surface area contributed by atoms with Crippen LogP contribution in [0.1, 0.15) is 63.4 Å². The zero-order chi connectivity index (χ0) is 27.4. The van der Waals surface area contributed by atoms with E-state index in [1.54, 1.807) is 0 Å².